The van der Waals surface area contributed by atoms with E-state index in [1.807, 2.05) is 6.92 Å². The van der Waals surface area contributed by atoms with Gasteiger partial charge in [0.05, 0.1) is 6.54 Å². The second-order valence-corrected chi connectivity index (χ2v) is 3.82. The number of hydrogen-bond acceptors (Lipinski definition) is 2. The fourth-order valence-electron chi connectivity index (χ4n) is 1.27. The monoisotopic (exact) mass is 210 g/mol. The molecule has 0 aromatic heterocycles. The molecule has 0 saturated carbocycles. The minimum Gasteiger partial charge on any atom is -0.332 e. The molecule has 3 nitrogen and oxygen atoms in total. The number of nitrogens with zero attached hydrogens (tertiary/aromatic N) is 1. The van der Waals surface area contributed by atoms with Crippen LogP contribution in [0.1, 0.15) is 33.6 Å². The van der Waals surface area contributed by atoms with Gasteiger partial charge in [-0.25, -0.2) is 0 Å². The molecule has 86 valence electrons. The highest BCUT2D eigenvalue weighted by Gasteiger charge is 2.09. The van der Waals surface area contributed by atoms with Crippen molar-refractivity contribution >= 4 is 5.91 Å². The highest BCUT2D eigenvalue weighted by Crippen LogP contribution is 1.97. The second-order valence-electron chi connectivity index (χ2n) is 3.82. The first kappa shape index (κ1) is 14.0. The molecular formula is C12H22N2O. The number of carbonyl (C=O) groups excluding carboxylic acids is 1. The molecule has 0 heterocycles. The molecule has 0 fully saturated rings. The number of hydrogen-bond donors (Lipinski definition) is 1. The highest BCUT2D eigenvalue weighted by molar-refractivity contribution is 5.76. The number of carbonyl (C=O) groups is 1. The average molecular weight is 210 g/mol. The van der Waals surface area contributed by atoms with E-state index < -0.39 is 0 Å². The Hall–Kier alpha value is -1.01. The molecule has 0 aliphatic rings. The lowest BCUT2D eigenvalue weighted by Crippen LogP contribution is -2.32. The Morgan fingerprint density at radius 3 is 2.67 bits per heavy atom. The molecular weight excluding hydrogens is 188 g/mol. The Morgan fingerprint density at radius 1 is 1.53 bits per heavy atom. The van der Waals surface area contributed by atoms with Gasteiger partial charge < -0.3 is 10.2 Å². The summed E-state index contributed by atoms with van der Waals surface area (Å²) in [6, 6.07) is 0.480. The van der Waals surface area contributed by atoms with Gasteiger partial charge in [-0.05, 0) is 19.9 Å². The summed E-state index contributed by atoms with van der Waals surface area (Å²) in [4.78, 5) is 13.3. The Labute approximate surface area is 93.2 Å². The van der Waals surface area contributed by atoms with Crippen molar-refractivity contribution in [1.82, 2.24) is 10.2 Å². The van der Waals surface area contributed by atoms with E-state index in [0.717, 1.165) is 13.0 Å². The summed E-state index contributed by atoms with van der Waals surface area (Å²) < 4.78 is 0. The molecule has 0 spiro atoms. The second kappa shape index (κ2) is 8.31. The molecule has 0 rings (SSSR count). The van der Waals surface area contributed by atoms with E-state index in [-0.39, 0.29) is 5.91 Å². The minimum atomic E-state index is 0.154. The van der Waals surface area contributed by atoms with Crippen molar-refractivity contribution in [2.75, 3.05) is 19.6 Å². The van der Waals surface area contributed by atoms with Crippen LogP contribution in [0.15, 0.2) is 0 Å². The smallest absolute Gasteiger partial charge is 0.223 e. The Kier molecular flexibility index (Phi) is 7.75. The lowest BCUT2D eigenvalue weighted by molar-refractivity contribution is -0.130. The molecule has 0 aliphatic carbocycles. The summed E-state index contributed by atoms with van der Waals surface area (Å²) in [5.74, 6) is 2.65. The largest absolute Gasteiger partial charge is 0.332 e. The first-order valence-electron chi connectivity index (χ1n) is 5.56. The van der Waals surface area contributed by atoms with E-state index in [2.05, 4.69) is 25.1 Å². The normalized spacial score (nSPS) is 10.1. The summed E-state index contributed by atoms with van der Waals surface area (Å²) in [6.07, 6.45) is 6.63. The molecule has 0 unspecified atom stereocenters. The van der Waals surface area contributed by atoms with Gasteiger partial charge >= 0.3 is 0 Å². The van der Waals surface area contributed by atoms with Crippen LogP contribution in [0.4, 0.5) is 0 Å². The van der Waals surface area contributed by atoms with E-state index in [9.17, 15) is 4.79 Å². The SMILES string of the molecule is C#CCN(CC)C(=O)CCCNC(C)C. The lowest BCUT2D eigenvalue weighted by Gasteiger charge is -2.18. The zero-order valence-corrected chi connectivity index (χ0v) is 10.0. The van der Waals surface area contributed by atoms with Crippen LogP contribution in [0.2, 0.25) is 0 Å². The minimum absolute atomic E-state index is 0.154. The van der Waals surface area contributed by atoms with Gasteiger partial charge in [0.25, 0.3) is 0 Å². The van der Waals surface area contributed by atoms with Crippen LogP contribution in [0.25, 0.3) is 0 Å². The first-order valence-corrected chi connectivity index (χ1v) is 5.56. The predicted molar refractivity (Wildman–Crippen MR) is 63.5 cm³/mol. The van der Waals surface area contributed by atoms with Crippen LogP contribution in [0, 0.1) is 12.3 Å². The topological polar surface area (TPSA) is 32.3 Å². The van der Waals surface area contributed by atoms with E-state index in [4.69, 9.17) is 6.42 Å². The molecule has 15 heavy (non-hydrogen) atoms. The van der Waals surface area contributed by atoms with Crippen molar-refractivity contribution in [3.8, 4) is 12.3 Å². The van der Waals surface area contributed by atoms with Crippen molar-refractivity contribution in [2.45, 2.75) is 39.7 Å². The van der Waals surface area contributed by atoms with Crippen LogP contribution < -0.4 is 5.32 Å². The molecule has 0 aliphatic heterocycles. The van der Waals surface area contributed by atoms with Crippen molar-refractivity contribution < 1.29 is 4.79 Å². The Bertz CT molecular complexity index is 218. The third-order valence-electron chi connectivity index (χ3n) is 2.14. The van der Waals surface area contributed by atoms with E-state index >= 15 is 0 Å². The predicted octanol–water partition coefficient (Wildman–Crippen LogP) is 1.25. The van der Waals surface area contributed by atoms with Crippen LogP contribution in [0.3, 0.4) is 0 Å². The number of rotatable bonds is 7. The summed E-state index contributed by atoms with van der Waals surface area (Å²) >= 11 is 0. The molecule has 0 radical (unpaired) electrons. The summed E-state index contributed by atoms with van der Waals surface area (Å²) in [6.45, 7) is 8.14. The molecule has 1 amide bonds. The zero-order valence-electron chi connectivity index (χ0n) is 10.0. The lowest BCUT2D eigenvalue weighted by atomic mass is 10.2. The standard InChI is InChI=1S/C12H22N2O/c1-5-10-14(6-2)12(15)8-7-9-13-11(3)4/h1,11,13H,6-10H2,2-4H3. The molecule has 0 aromatic carbocycles. The molecule has 0 aromatic rings. The fourth-order valence-corrected chi connectivity index (χ4v) is 1.27. The maximum Gasteiger partial charge on any atom is 0.223 e. The number of terminal acetylenes is 1. The van der Waals surface area contributed by atoms with Crippen LogP contribution in [0.5, 0.6) is 0 Å². The molecule has 3 heteroatoms. The maximum absolute atomic E-state index is 11.6. The van der Waals surface area contributed by atoms with Crippen molar-refractivity contribution in [2.24, 2.45) is 0 Å². The molecule has 0 bridgehead atoms. The number of nitrogens with one attached hydrogen (secondary N) is 1. The zero-order chi connectivity index (χ0) is 11.7. The van der Waals surface area contributed by atoms with Gasteiger partial charge in [-0.15, -0.1) is 6.42 Å². The van der Waals surface area contributed by atoms with Crippen molar-refractivity contribution in [3.63, 3.8) is 0 Å². The average Bonchev–Trinajstić information content (AvgIpc) is 2.20. The third kappa shape index (κ3) is 6.98. The van der Waals surface area contributed by atoms with Gasteiger partial charge in [0.1, 0.15) is 0 Å². The van der Waals surface area contributed by atoms with Crippen LogP contribution >= 0.6 is 0 Å². The van der Waals surface area contributed by atoms with Crippen molar-refractivity contribution in [1.29, 1.82) is 0 Å². The summed E-state index contributed by atoms with van der Waals surface area (Å²) in [7, 11) is 0. The quantitative estimate of drug-likeness (QED) is 0.506. The van der Waals surface area contributed by atoms with Gasteiger partial charge in [-0.3, -0.25) is 4.79 Å². The van der Waals surface area contributed by atoms with E-state index in [1.54, 1.807) is 4.90 Å². The fraction of sp³-hybridized carbons (Fsp3) is 0.750. The summed E-state index contributed by atoms with van der Waals surface area (Å²) in [5.41, 5.74) is 0. The van der Waals surface area contributed by atoms with E-state index in [1.165, 1.54) is 0 Å². The Morgan fingerprint density at radius 2 is 2.20 bits per heavy atom. The molecule has 0 saturated heterocycles. The molecule has 1 N–H and O–H groups in total. The maximum atomic E-state index is 11.6. The van der Waals surface area contributed by atoms with Gasteiger partial charge in [-0.2, -0.15) is 0 Å². The highest BCUT2D eigenvalue weighted by atomic mass is 16.2. The van der Waals surface area contributed by atoms with Crippen molar-refractivity contribution in [3.05, 3.63) is 0 Å². The number of amides is 1. The van der Waals surface area contributed by atoms with Crippen LogP contribution in [-0.4, -0.2) is 36.5 Å². The van der Waals surface area contributed by atoms with Crippen LogP contribution in [-0.2, 0) is 4.79 Å². The van der Waals surface area contributed by atoms with E-state index in [0.29, 0.717) is 25.6 Å². The Balaban J connectivity index is 3.67. The third-order valence-corrected chi connectivity index (χ3v) is 2.14. The van der Waals surface area contributed by atoms with Gasteiger partial charge in [-0.1, -0.05) is 19.8 Å². The summed E-state index contributed by atoms with van der Waals surface area (Å²) in [5, 5.41) is 3.28. The molecule has 0 atom stereocenters. The van der Waals surface area contributed by atoms with Gasteiger partial charge in [0, 0.05) is 19.0 Å². The first-order chi connectivity index (χ1) is 7.11. The van der Waals surface area contributed by atoms with Gasteiger partial charge in [0.2, 0.25) is 5.91 Å². The van der Waals surface area contributed by atoms with Gasteiger partial charge in [0.15, 0.2) is 0 Å².